The molecule has 2 N–H and O–H groups in total. The largest absolute Gasteiger partial charge is 0.349 e. The quantitative estimate of drug-likeness (QED) is 0.782. The Morgan fingerprint density at radius 1 is 1.33 bits per heavy atom. The molecule has 0 bridgehead atoms. The molecule has 2 aromatic heterocycles. The Hall–Kier alpha value is -2.44. The molecule has 1 amide bonds. The molecule has 0 spiro atoms. The lowest BCUT2D eigenvalue weighted by Crippen LogP contribution is -2.35. The Kier molecular flexibility index (Phi) is 6.42. The molecule has 27 heavy (non-hydrogen) atoms. The van der Waals surface area contributed by atoms with Crippen LogP contribution in [0, 0.1) is 6.92 Å². The Labute approximate surface area is 161 Å². The van der Waals surface area contributed by atoms with Crippen molar-refractivity contribution in [3.05, 3.63) is 35.4 Å². The molecule has 1 atom stereocenters. The van der Waals surface area contributed by atoms with Crippen LogP contribution in [0.25, 0.3) is 0 Å². The molecule has 0 aromatic carbocycles. The standard InChI is InChI=1S/C20H30N6O/c1-14(24-19(27)10-9-16-11-22-23-12-16)18-13-21-20(25-15(18)2)26(3)17-7-5-4-6-8-17/h11-14,17H,4-10H2,1-3H3,(H,22,23)(H,24,27)/t14-/m0/s1. The summed E-state index contributed by atoms with van der Waals surface area (Å²) in [5, 5.41) is 9.71. The summed E-state index contributed by atoms with van der Waals surface area (Å²) in [5.41, 5.74) is 2.92. The van der Waals surface area contributed by atoms with Crippen LogP contribution < -0.4 is 10.2 Å². The third-order valence-corrected chi connectivity index (χ3v) is 5.48. The number of aromatic amines is 1. The fourth-order valence-corrected chi connectivity index (χ4v) is 3.75. The number of rotatable bonds is 7. The van der Waals surface area contributed by atoms with Gasteiger partial charge in [0.2, 0.25) is 11.9 Å². The Morgan fingerprint density at radius 3 is 2.78 bits per heavy atom. The van der Waals surface area contributed by atoms with Crippen molar-refractivity contribution in [2.45, 2.75) is 70.9 Å². The van der Waals surface area contributed by atoms with Crippen molar-refractivity contribution in [1.82, 2.24) is 25.5 Å². The molecule has 3 rings (SSSR count). The number of aryl methyl sites for hydroxylation is 2. The highest BCUT2D eigenvalue weighted by molar-refractivity contribution is 5.76. The van der Waals surface area contributed by atoms with Crippen LogP contribution in [0.1, 0.15) is 68.3 Å². The smallest absolute Gasteiger partial charge is 0.225 e. The van der Waals surface area contributed by atoms with Crippen LogP contribution >= 0.6 is 0 Å². The van der Waals surface area contributed by atoms with Gasteiger partial charge in [-0.1, -0.05) is 19.3 Å². The first-order valence-electron chi connectivity index (χ1n) is 9.88. The highest BCUT2D eigenvalue weighted by atomic mass is 16.1. The number of aromatic nitrogens is 4. The van der Waals surface area contributed by atoms with Crippen LogP contribution in [-0.2, 0) is 11.2 Å². The number of nitrogens with zero attached hydrogens (tertiary/aromatic N) is 4. The molecule has 7 nitrogen and oxygen atoms in total. The van der Waals surface area contributed by atoms with Crippen LogP contribution in [0.4, 0.5) is 5.95 Å². The first kappa shape index (κ1) is 19.3. The van der Waals surface area contributed by atoms with Crippen LogP contribution in [0.15, 0.2) is 18.6 Å². The lowest BCUT2D eigenvalue weighted by atomic mass is 9.95. The number of H-pyrrole nitrogens is 1. The van der Waals surface area contributed by atoms with Crippen molar-refractivity contribution >= 4 is 11.9 Å². The monoisotopic (exact) mass is 370 g/mol. The molecule has 0 aliphatic heterocycles. The fraction of sp³-hybridized carbons (Fsp3) is 0.600. The number of nitrogens with one attached hydrogen (secondary N) is 2. The van der Waals surface area contributed by atoms with Gasteiger partial charge in [-0.15, -0.1) is 0 Å². The van der Waals surface area contributed by atoms with Crippen LogP contribution in [0.2, 0.25) is 0 Å². The zero-order valence-corrected chi connectivity index (χ0v) is 16.5. The van der Waals surface area contributed by atoms with Crippen molar-refractivity contribution in [3.63, 3.8) is 0 Å². The van der Waals surface area contributed by atoms with Crippen molar-refractivity contribution in [2.75, 3.05) is 11.9 Å². The Bertz CT molecular complexity index is 739. The van der Waals surface area contributed by atoms with Gasteiger partial charge in [-0.2, -0.15) is 5.10 Å². The molecule has 2 aromatic rings. The first-order chi connectivity index (χ1) is 13.0. The number of carbonyl (C=O) groups is 1. The summed E-state index contributed by atoms with van der Waals surface area (Å²) in [5.74, 6) is 0.799. The fourth-order valence-electron chi connectivity index (χ4n) is 3.75. The molecule has 2 heterocycles. The third-order valence-electron chi connectivity index (χ3n) is 5.48. The SMILES string of the molecule is Cc1nc(N(C)C2CCCCC2)ncc1[C@H](C)NC(=O)CCc1cn[nH]c1. The first-order valence-corrected chi connectivity index (χ1v) is 9.88. The summed E-state index contributed by atoms with van der Waals surface area (Å²) in [6, 6.07) is 0.417. The minimum Gasteiger partial charge on any atom is -0.349 e. The van der Waals surface area contributed by atoms with Gasteiger partial charge in [0.25, 0.3) is 0 Å². The predicted molar refractivity (Wildman–Crippen MR) is 106 cm³/mol. The normalized spacial score (nSPS) is 16.1. The van der Waals surface area contributed by atoms with Crippen LogP contribution in [0.3, 0.4) is 0 Å². The van der Waals surface area contributed by atoms with Crippen molar-refractivity contribution in [2.24, 2.45) is 0 Å². The molecule has 7 heteroatoms. The van der Waals surface area contributed by atoms with Gasteiger partial charge in [0.1, 0.15) is 0 Å². The summed E-state index contributed by atoms with van der Waals surface area (Å²) < 4.78 is 0. The number of hydrogen-bond acceptors (Lipinski definition) is 5. The maximum atomic E-state index is 12.2. The van der Waals surface area contributed by atoms with Gasteiger partial charge >= 0.3 is 0 Å². The van der Waals surface area contributed by atoms with Crippen LogP contribution in [-0.4, -0.2) is 39.2 Å². The second-order valence-electron chi connectivity index (χ2n) is 7.51. The van der Waals surface area contributed by atoms with E-state index in [1.165, 1.54) is 32.1 Å². The lowest BCUT2D eigenvalue weighted by Gasteiger charge is -2.31. The van der Waals surface area contributed by atoms with E-state index in [4.69, 9.17) is 4.98 Å². The van der Waals surface area contributed by atoms with Crippen molar-refractivity contribution in [3.8, 4) is 0 Å². The topological polar surface area (TPSA) is 86.8 Å². The number of carbonyl (C=O) groups excluding carboxylic acids is 1. The number of hydrogen-bond donors (Lipinski definition) is 2. The van der Waals surface area contributed by atoms with E-state index in [-0.39, 0.29) is 11.9 Å². The van der Waals surface area contributed by atoms with E-state index in [0.29, 0.717) is 18.9 Å². The highest BCUT2D eigenvalue weighted by Crippen LogP contribution is 2.25. The minimum absolute atomic E-state index is 0.0199. The van der Waals surface area contributed by atoms with Gasteiger partial charge in [-0.25, -0.2) is 9.97 Å². The average molecular weight is 371 g/mol. The summed E-state index contributed by atoms with van der Waals surface area (Å²) >= 11 is 0. The lowest BCUT2D eigenvalue weighted by molar-refractivity contribution is -0.121. The molecular weight excluding hydrogens is 340 g/mol. The molecule has 146 valence electrons. The van der Waals surface area contributed by atoms with Gasteiger partial charge < -0.3 is 10.2 Å². The van der Waals surface area contributed by atoms with E-state index in [1.54, 1.807) is 6.20 Å². The third kappa shape index (κ3) is 5.05. The van der Waals surface area contributed by atoms with E-state index in [9.17, 15) is 4.79 Å². The number of amides is 1. The van der Waals surface area contributed by atoms with Gasteiger partial charge in [0, 0.05) is 43.2 Å². The maximum absolute atomic E-state index is 12.2. The molecule has 1 aliphatic carbocycles. The Balaban J connectivity index is 1.58. The second kappa shape index (κ2) is 8.97. The average Bonchev–Trinajstić information content (AvgIpc) is 3.20. The summed E-state index contributed by atoms with van der Waals surface area (Å²) in [4.78, 5) is 23.7. The van der Waals surface area contributed by atoms with Crippen LogP contribution in [0.5, 0.6) is 0 Å². The molecule has 1 aliphatic rings. The summed E-state index contributed by atoms with van der Waals surface area (Å²) in [6.45, 7) is 3.97. The molecular formula is C20H30N6O. The minimum atomic E-state index is -0.115. The van der Waals surface area contributed by atoms with Gasteiger partial charge in [0.05, 0.1) is 12.2 Å². The molecule has 1 fully saturated rings. The summed E-state index contributed by atoms with van der Waals surface area (Å²) in [6.07, 6.45) is 12.9. The zero-order chi connectivity index (χ0) is 19.2. The van der Waals surface area contributed by atoms with E-state index in [1.807, 2.05) is 26.2 Å². The molecule has 1 saturated carbocycles. The molecule has 0 unspecified atom stereocenters. The zero-order valence-electron chi connectivity index (χ0n) is 16.5. The predicted octanol–water partition coefficient (Wildman–Crippen LogP) is 3.09. The number of anilines is 1. The van der Waals surface area contributed by atoms with Gasteiger partial charge in [0.15, 0.2) is 0 Å². The van der Waals surface area contributed by atoms with Crippen molar-refractivity contribution < 1.29 is 4.79 Å². The van der Waals surface area contributed by atoms with E-state index in [2.05, 4.69) is 32.4 Å². The molecule has 0 radical (unpaired) electrons. The summed E-state index contributed by atoms with van der Waals surface area (Å²) in [7, 11) is 2.09. The van der Waals surface area contributed by atoms with Crippen molar-refractivity contribution in [1.29, 1.82) is 0 Å². The van der Waals surface area contributed by atoms with Gasteiger partial charge in [-0.05, 0) is 38.7 Å². The maximum Gasteiger partial charge on any atom is 0.225 e. The second-order valence-corrected chi connectivity index (χ2v) is 7.51. The van der Waals surface area contributed by atoms with E-state index < -0.39 is 0 Å². The Morgan fingerprint density at radius 2 is 2.11 bits per heavy atom. The van der Waals surface area contributed by atoms with E-state index in [0.717, 1.165) is 22.8 Å². The highest BCUT2D eigenvalue weighted by Gasteiger charge is 2.21. The van der Waals surface area contributed by atoms with Gasteiger partial charge in [-0.3, -0.25) is 9.89 Å². The molecule has 0 saturated heterocycles. The van der Waals surface area contributed by atoms with E-state index >= 15 is 0 Å².